The van der Waals surface area contributed by atoms with Crippen molar-refractivity contribution in [2.75, 3.05) is 12.8 Å². The van der Waals surface area contributed by atoms with Gasteiger partial charge in [0.05, 0.1) is 12.0 Å². The molecule has 18 heavy (non-hydrogen) atoms. The van der Waals surface area contributed by atoms with Gasteiger partial charge in [0.1, 0.15) is 0 Å². The van der Waals surface area contributed by atoms with E-state index in [9.17, 15) is 13.2 Å². The molecular formula is C9H12N4O4S. The number of sulfonamides is 1. The number of guanidine groups is 1. The van der Waals surface area contributed by atoms with Gasteiger partial charge in [0, 0.05) is 5.69 Å². The number of nitrogens with two attached hydrogens (primary N) is 2. The van der Waals surface area contributed by atoms with Crippen molar-refractivity contribution in [2.45, 2.75) is 4.90 Å². The predicted octanol–water partition coefficient (Wildman–Crippen LogP) is -0.0806. The van der Waals surface area contributed by atoms with Crippen LogP contribution < -0.4 is 11.5 Å². The van der Waals surface area contributed by atoms with E-state index in [0.29, 0.717) is 5.69 Å². The smallest absolute Gasteiger partial charge is 0.430 e. The topological polar surface area (TPSA) is 140 Å². The molecule has 8 nitrogen and oxygen atoms in total. The second-order valence-corrected chi connectivity index (χ2v) is 4.98. The molecule has 0 radical (unpaired) electrons. The zero-order valence-corrected chi connectivity index (χ0v) is 10.3. The van der Waals surface area contributed by atoms with Gasteiger partial charge in [-0.05, 0) is 24.3 Å². The first-order chi connectivity index (χ1) is 8.30. The lowest BCUT2D eigenvalue weighted by Crippen LogP contribution is -2.45. The number of amides is 1. The van der Waals surface area contributed by atoms with Crippen LogP contribution in [0.4, 0.5) is 10.5 Å². The summed E-state index contributed by atoms with van der Waals surface area (Å²) in [7, 11) is -3.29. The molecule has 0 bridgehead atoms. The molecule has 0 aliphatic rings. The second kappa shape index (κ2) is 4.92. The van der Waals surface area contributed by atoms with Crippen LogP contribution in [0.15, 0.2) is 29.2 Å². The van der Waals surface area contributed by atoms with Crippen molar-refractivity contribution < 1.29 is 17.9 Å². The zero-order valence-electron chi connectivity index (χ0n) is 9.45. The number of nitrogens with one attached hydrogen (secondary N) is 1. The summed E-state index contributed by atoms with van der Waals surface area (Å²) in [6, 6.07) is 5.10. The first-order valence-corrected chi connectivity index (χ1v) is 6.07. The molecule has 0 aliphatic carbocycles. The third-order valence-electron chi connectivity index (χ3n) is 1.98. The summed E-state index contributed by atoms with van der Waals surface area (Å²) in [5, 5.41) is 7.13. The molecule has 0 saturated heterocycles. The number of anilines is 1. The van der Waals surface area contributed by atoms with Crippen LogP contribution in [0, 0.1) is 5.41 Å². The molecule has 1 aromatic rings. The minimum atomic E-state index is -4.27. The van der Waals surface area contributed by atoms with Gasteiger partial charge in [0.25, 0.3) is 10.0 Å². The number of methoxy groups -OCH3 is 1. The Bertz CT molecular complexity index is 567. The third kappa shape index (κ3) is 2.51. The molecule has 0 atom stereocenters. The zero-order chi connectivity index (χ0) is 13.9. The number of hydrogen-bond acceptors (Lipinski definition) is 6. The van der Waals surface area contributed by atoms with Gasteiger partial charge in [0.15, 0.2) is 0 Å². The van der Waals surface area contributed by atoms with Gasteiger partial charge in [-0.2, -0.15) is 0 Å². The Kier molecular flexibility index (Phi) is 3.76. The fourth-order valence-electron chi connectivity index (χ4n) is 1.15. The highest BCUT2D eigenvalue weighted by Gasteiger charge is 2.32. The summed E-state index contributed by atoms with van der Waals surface area (Å²) in [5.74, 6) is -0.960. The first kappa shape index (κ1) is 13.8. The number of rotatable bonds is 2. The minimum Gasteiger partial charge on any atom is -0.452 e. The molecule has 1 aromatic carbocycles. The van der Waals surface area contributed by atoms with Gasteiger partial charge in [-0.1, -0.05) is 0 Å². The maximum atomic E-state index is 12.0. The largest absolute Gasteiger partial charge is 0.452 e. The lowest BCUT2D eigenvalue weighted by molar-refractivity contribution is 0.161. The highest BCUT2D eigenvalue weighted by atomic mass is 32.2. The SMILES string of the molecule is COC(=O)N(C(=N)N)S(=O)(=O)c1ccc(N)cc1. The summed E-state index contributed by atoms with van der Waals surface area (Å²) in [5.41, 5.74) is 10.9. The molecule has 0 aromatic heterocycles. The maximum Gasteiger partial charge on any atom is 0.430 e. The highest BCUT2D eigenvalue weighted by Crippen LogP contribution is 2.17. The van der Waals surface area contributed by atoms with Crippen molar-refractivity contribution in [1.82, 2.24) is 4.31 Å². The van der Waals surface area contributed by atoms with Crippen molar-refractivity contribution in [2.24, 2.45) is 5.73 Å². The molecule has 9 heteroatoms. The summed E-state index contributed by atoms with van der Waals surface area (Å²) < 4.78 is 28.4. The van der Waals surface area contributed by atoms with Crippen LogP contribution in [0.2, 0.25) is 0 Å². The standard InChI is InChI=1S/C9H12N4O4S/c1-17-9(14)13(8(11)12)18(15,16)7-4-2-6(10)3-5-7/h2-5H,10H2,1H3,(H3,11,12). The minimum absolute atomic E-state index is 0.0541. The van der Waals surface area contributed by atoms with Crippen LogP contribution in [0.5, 0.6) is 0 Å². The van der Waals surface area contributed by atoms with E-state index in [1.165, 1.54) is 24.3 Å². The van der Waals surface area contributed by atoms with E-state index >= 15 is 0 Å². The fourth-order valence-corrected chi connectivity index (χ4v) is 2.37. The van der Waals surface area contributed by atoms with Crippen LogP contribution in [-0.2, 0) is 14.8 Å². The molecule has 0 fully saturated rings. The van der Waals surface area contributed by atoms with Crippen molar-refractivity contribution >= 4 is 27.8 Å². The number of hydrogen-bond donors (Lipinski definition) is 3. The van der Waals surface area contributed by atoms with Crippen molar-refractivity contribution in [3.8, 4) is 0 Å². The van der Waals surface area contributed by atoms with Crippen LogP contribution in [-0.4, -0.2) is 31.9 Å². The summed E-state index contributed by atoms with van der Waals surface area (Å²) >= 11 is 0. The molecule has 5 N–H and O–H groups in total. The van der Waals surface area contributed by atoms with Gasteiger partial charge in [-0.25, -0.2) is 13.2 Å². The Morgan fingerprint density at radius 2 is 1.83 bits per heavy atom. The average Bonchev–Trinajstić information content (AvgIpc) is 2.28. The van der Waals surface area contributed by atoms with Crippen molar-refractivity contribution in [3.63, 3.8) is 0 Å². The molecular weight excluding hydrogens is 260 g/mol. The van der Waals surface area contributed by atoms with Gasteiger partial charge >= 0.3 is 6.09 Å². The van der Waals surface area contributed by atoms with Crippen molar-refractivity contribution in [3.05, 3.63) is 24.3 Å². The number of benzene rings is 1. The van der Waals surface area contributed by atoms with E-state index in [-0.39, 0.29) is 9.20 Å². The molecule has 1 rings (SSSR count). The van der Waals surface area contributed by atoms with Gasteiger partial charge in [-0.3, -0.25) is 5.41 Å². The van der Waals surface area contributed by atoms with E-state index in [1.54, 1.807) is 0 Å². The number of nitrogen functional groups attached to an aromatic ring is 1. The lowest BCUT2D eigenvalue weighted by atomic mass is 10.3. The number of carbonyl (C=O) groups is 1. The molecule has 1 amide bonds. The average molecular weight is 272 g/mol. The Labute approximate surface area is 104 Å². The van der Waals surface area contributed by atoms with E-state index in [0.717, 1.165) is 7.11 Å². The van der Waals surface area contributed by atoms with Gasteiger partial charge < -0.3 is 16.2 Å². The molecule has 0 heterocycles. The summed E-state index contributed by atoms with van der Waals surface area (Å²) in [4.78, 5) is 11.1. The van der Waals surface area contributed by atoms with Crippen LogP contribution in [0.25, 0.3) is 0 Å². The van der Waals surface area contributed by atoms with Crippen molar-refractivity contribution in [1.29, 1.82) is 5.41 Å². The van der Waals surface area contributed by atoms with E-state index in [2.05, 4.69) is 4.74 Å². The Hall–Kier alpha value is -2.29. The monoisotopic (exact) mass is 272 g/mol. The molecule has 0 spiro atoms. The predicted molar refractivity (Wildman–Crippen MR) is 64.2 cm³/mol. The lowest BCUT2D eigenvalue weighted by Gasteiger charge is -2.18. The van der Waals surface area contributed by atoms with E-state index in [1.807, 2.05) is 0 Å². The van der Waals surface area contributed by atoms with Gasteiger partial charge in [0.2, 0.25) is 5.96 Å². The quantitative estimate of drug-likeness (QED) is 0.391. The molecule has 0 aliphatic heterocycles. The third-order valence-corrected chi connectivity index (χ3v) is 3.67. The normalized spacial score (nSPS) is 10.7. The Morgan fingerprint density at radius 3 is 2.22 bits per heavy atom. The summed E-state index contributed by atoms with van der Waals surface area (Å²) in [6.07, 6.45) is -1.26. The molecule has 0 unspecified atom stereocenters. The van der Waals surface area contributed by atoms with Crippen LogP contribution in [0.1, 0.15) is 0 Å². The number of nitrogens with zero attached hydrogens (tertiary/aromatic N) is 1. The first-order valence-electron chi connectivity index (χ1n) is 4.63. The fraction of sp³-hybridized carbons (Fsp3) is 0.111. The highest BCUT2D eigenvalue weighted by molar-refractivity contribution is 7.90. The van der Waals surface area contributed by atoms with Gasteiger partial charge in [-0.15, -0.1) is 4.31 Å². The summed E-state index contributed by atoms with van der Waals surface area (Å²) in [6.45, 7) is 0. The van der Waals surface area contributed by atoms with Crippen LogP contribution >= 0.6 is 0 Å². The Morgan fingerprint density at radius 1 is 1.33 bits per heavy atom. The van der Waals surface area contributed by atoms with E-state index < -0.39 is 22.1 Å². The Balaban J connectivity index is 3.30. The maximum absolute atomic E-state index is 12.0. The number of carbonyl (C=O) groups excluding carboxylic acids is 1. The van der Waals surface area contributed by atoms with Crippen LogP contribution in [0.3, 0.4) is 0 Å². The second-order valence-electron chi connectivity index (χ2n) is 3.19. The molecule has 98 valence electrons. The van der Waals surface area contributed by atoms with E-state index in [4.69, 9.17) is 16.9 Å². The number of ether oxygens (including phenoxy) is 1. The molecule has 0 saturated carbocycles.